The van der Waals surface area contributed by atoms with Crippen molar-refractivity contribution in [2.75, 3.05) is 18.0 Å². The molecule has 18 heavy (non-hydrogen) atoms. The molecule has 1 unspecified atom stereocenters. The maximum Gasteiger partial charge on any atom is 0.246 e. The van der Waals surface area contributed by atoms with E-state index in [2.05, 4.69) is 10.3 Å². The molecule has 96 valence electrons. The highest BCUT2D eigenvalue weighted by Crippen LogP contribution is 2.37. The number of hydrogen-bond acceptors (Lipinski definition) is 6. The number of piperazine rings is 1. The average molecular weight is 267 g/mol. The molecule has 2 N–H and O–H groups in total. The molecule has 6 nitrogen and oxygen atoms in total. The summed E-state index contributed by atoms with van der Waals surface area (Å²) in [5.41, 5.74) is 0.909. The topological polar surface area (TPSA) is 82.5 Å². The number of hydrogen-bond donors (Lipinski definition) is 2. The molecule has 1 aromatic heterocycles. The van der Waals surface area contributed by atoms with Crippen molar-refractivity contribution in [2.24, 2.45) is 0 Å². The maximum atomic E-state index is 11.3. The Morgan fingerprint density at radius 2 is 2.06 bits per heavy atom. The molecule has 0 saturated carbocycles. The predicted octanol–water partition coefficient (Wildman–Crippen LogP) is -0.0244. The number of nitrogens with one attached hydrogen (secondary N) is 1. The molecule has 1 aliphatic heterocycles. The lowest BCUT2D eigenvalue weighted by atomic mass is 10.0. The third-order valence-corrected chi connectivity index (χ3v) is 4.39. The molecule has 3 rings (SSSR count). The molecule has 1 aliphatic carbocycles. The first-order valence-corrected chi connectivity index (χ1v) is 6.70. The fourth-order valence-corrected chi connectivity index (χ4v) is 3.42. The van der Waals surface area contributed by atoms with E-state index in [-0.39, 0.29) is 24.9 Å². The molecule has 0 spiro atoms. The monoisotopic (exact) mass is 267 g/mol. The van der Waals surface area contributed by atoms with E-state index in [0.717, 1.165) is 29.8 Å². The number of imide groups is 1. The Kier molecular flexibility index (Phi) is 2.79. The zero-order valence-corrected chi connectivity index (χ0v) is 10.5. The van der Waals surface area contributed by atoms with Crippen molar-refractivity contribution in [3.63, 3.8) is 0 Å². The van der Waals surface area contributed by atoms with Gasteiger partial charge in [0.25, 0.3) is 0 Å². The molecule has 1 fully saturated rings. The number of aromatic nitrogens is 1. The van der Waals surface area contributed by atoms with Gasteiger partial charge >= 0.3 is 0 Å². The SMILES string of the molecule is O=C1CN(c2nc3c(s2)C(O)CCC3)CC(=O)N1. The second-order valence-electron chi connectivity index (χ2n) is 4.54. The summed E-state index contributed by atoms with van der Waals surface area (Å²) in [5, 5.41) is 12.8. The van der Waals surface area contributed by atoms with Crippen LogP contribution in [-0.4, -0.2) is 35.0 Å². The van der Waals surface area contributed by atoms with E-state index in [1.54, 1.807) is 4.90 Å². The molecular formula is C11H13N3O3S. The van der Waals surface area contributed by atoms with Crippen LogP contribution in [0.5, 0.6) is 0 Å². The second kappa shape index (κ2) is 4.33. The van der Waals surface area contributed by atoms with Crippen molar-refractivity contribution >= 4 is 28.3 Å². The van der Waals surface area contributed by atoms with Crippen LogP contribution in [-0.2, 0) is 16.0 Å². The number of aliphatic hydroxyl groups is 1. The fourth-order valence-electron chi connectivity index (χ4n) is 2.29. The molecule has 7 heteroatoms. The third-order valence-electron chi connectivity index (χ3n) is 3.13. The van der Waals surface area contributed by atoms with Crippen LogP contribution in [0, 0.1) is 0 Å². The lowest BCUT2D eigenvalue weighted by molar-refractivity contribution is -0.130. The summed E-state index contributed by atoms with van der Waals surface area (Å²) in [6, 6.07) is 0. The first-order valence-electron chi connectivity index (χ1n) is 5.89. The van der Waals surface area contributed by atoms with E-state index >= 15 is 0 Å². The van der Waals surface area contributed by atoms with Gasteiger partial charge in [0.05, 0.1) is 16.7 Å². The fraction of sp³-hybridized carbons (Fsp3) is 0.545. The number of aryl methyl sites for hydroxylation is 1. The van der Waals surface area contributed by atoms with E-state index in [9.17, 15) is 14.7 Å². The van der Waals surface area contributed by atoms with Gasteiger partial charge < -0.3 is 10.0 Å². The van der Waals surface area contributed by atoms with Crippen LogP contribution in [0.4, 0.5) is 5.13 Å². The highest BCUT2D eigenvalue weighted by atomic mass is 32.1. The minimum Gasteiger partial charge on any atom is -0.388 e. The summed E-state index contributed by atoms with van der Waals surface area (Å²) in [7, 11) is 0. The molecule has 2 amide bonds. The van der Waals surface area contributed by atoms with Gasteiger partial charge in [-0.15, -0.1) is 0 Å². The van der Waals surface area contributed by atoms with Crippen molar-refractivity contribution in [1.29, 1.82) is 0 Å². The number of anilines is 1. The van der Waals surface area contributed by atoms with Crippen molar-refractivity contribution in [3.8, 4) is 0 Å². The summed E-state index contributed by atoms with van der Waals surface area (Å²) < 4.78 is 0. The predicted molar refractivity (Wildman–Crippen MR) is 65.4 cm³/mol. The Hall–Kier alpha value is -1.47. The van der Waals surface area contributed by atoms with Crippen LogP contribution in [0.15, 0.2) is 0 Å². The number of nitrogens with zero attached hydrogens (tertiary/aromatic N) is 2. The Balaban J connectivity index is 1.88. The first kappa shape index (κ1) is 11.6. The van der Waals surface area contributed by atoms with Gasteiger partial charge in [-0.2, -0.15) is 0 Å². The van der Waals surface area contributed by atoms with Gasteiger partial charge in [-0.25, -0.2) is 4.98 Å². The number of amides is 2. The van der Waals surface area contributed by atoms with E-state index in [1.165, 1.54) is 11.3 Å². The van der Waals surface area contributed by atoms with Gasteiger partial charge in [0, 0.05) is 0 Å². The van der Waals surface area contributed by atoms with E-state index < -0.39 is 6.10 Å². The van der Waals surface area contributed by atoms with Gasteiger partial charge in [-0.3, -0.25) is 14.9 Å². The Labute approximate surface area is 108 Å². The minimum absolute atomic E-state index is 0.147. The van der Waals surface area contributed by atoms with Gasteiger partial charge in [-0.05, 0) is 19.3 Å². The summed E-state index contributed by atoms with van der Waals surface area (Å²) in [6.45, 7) is 0.294. The number of aliphatic hydroxyl groups excluding tert-OH is 1. The van der Waals surface area contributed by atoms with E-state index in [1.807, 2.05) is 0 Å². The first-order chi connectivity index (χ1) is 8.63. The van der Waals surface area contributed by atoms with Crippen molar-refractivity contribution < 1.29 is 14.7 Å². The number of fused-ring (bicyclic) bond motifs is 1. The molecule has 0 aromatic carbocycles. The normalized spacial score (nSPS) is 23.8. The van der Waals surface area contributed by atoms with Gasteiger partial charge in [0.15, 0.2) is 5.13 Å². The molecule has 2 aliphatic rings. The standard InChI is InChI=1S/C11H13N3O3S/c15-7-3-1-2-6-10(7)18-11(12-6)14-4-8(16)13-9(17)5-14/h7,15H,1-5H2,(H,13,16,17). The number of rotatable bonds is 1. The molecule has 1 aromatic rings. The number of thiazole rings is 1. The highest BCUT2D eigenvalue weighted by Gasteiger charge is 2.28. The summed E-state index contributed by atoms with van der Waals surface area (Å²) in [4.78, 5) is 29.6. The lowest BCUT2D eigenvalue weighted by Gasteiger charge is -2.24. The minimum atomic E-state index is -0.450. The van der Waals surface area contributed by atoms with Gasteiger partial charge in [0.2, 0.25) is 11.8 Å². The van der Waals surface area contributed by atoms with Crippen LogP contribution in [0.1, 0.15) is 29.5 Å². The zero-order chi connectivity index (χ0) is 12.7. The van der Waals surface area contributed by atoms with E-state index in [4.69, 9.17) is 0 Å². The summed E-state index contributed by atoms with van der Waals surface area (Å²) >= 11 is 1.39. The van der Waals surface area contributed by atoms with Crippen LogP contribution < -0.4 is 10.2 Å². The summed E-state index contributed by atoms with van der Waals surface area (Å²) in [5.74, 6) is -0.611. The smallest absolute Gasteiger partial charge is 0.246 e. The van der Waals surface area contributed by atoms with Gasteiger partial charge in [0.1, 0.15) is 13.1 Å². The van der Waals surface area contributed by atoms with E-state index in [0.29, 0.717) is 5.13 Å². The van der Waals surface area contributed by atoms with Crippen LogP contribution in [0.25, 0.3) is 0 Å². The molecule has 1 atom stereocenters. The average Bonchev–Trinajstić information content (AvgIpc) is 2.73. The quantitative estimate of drug-likeness (QED) is 0.699. The molecule has 0 bridgehead atoms. The number of carbonyl (C=O) groups excluding carboxylic acids is 2. The second-order valence-corrected chi connectivity index (χ2v) is 5.55. The van der Waals surface area contributed by atoms with Crippen molar-refractivity contribution in [3.05, 3.63) is 10.6 Å². The zero-order valence-electron chi connectivity index (χ0n) is 9.68. The molecule has 2 heterocycles. The van der Waals surface area contributed by atoms with Crippen LogP contribution in [0.3, 0.4) is 0 Å². The summed E-state index contributed by atoms with van der Waals surface area (Å²) in [6.07, 6.45) is 2.09. The van der Waals surface area contributed by atoms with Crippen molar-refractivity contribution in [1.82, 2.24) is 10.3 Å². The highest BCUT2D eigenvalue weighted by molar-refractivity contribution is 7.15. The maximum absolute atomic E-state index is 11.3. The Morgan fingerprint density at radius 3 is 2.72 bits per heavy atom. The lowest BCUT2D eigenvalue weighted by Crippen LogP contribution is -2.51. The third kappa shape index (κ3) is 1.99. The molecular weight excluding hydrogens is 254 g/mol. The van der Waals surface area contributed by atoms with Gasteiger partial charge in [-0.1, -0.05) is 11.3 Å². The Morgan fingerprint density at radius 1 is 1.33 bits per heavy atom. The van der Waals surface area contributed by atoms with Crippen LogP contribution >= 0.6 is 11.3 Å². The molecule has 0 radical (unpaired) electrons. The largest absolute Gasteiger partial charge is 0.388 e. The van der Waals surface area contributed by atoms with Crippen molar-refractivity contribution in [2.45, 2.75) is 25.4 Å². The van der Waals surface area contributed by atoms with Crippen LogP contribution in [0.2, 0.25) is 0 Å². The Bertz CT molecular complexity index is 498. The number of carbonyl (C=O) groups is 2. The molecule has 1 saturated heterocycles.